The van der Waals surface area contributed by atoms with Crippen LogP contribution in [0, 0.1) is 19.7 Å². The summed E-state index contributed by atoms with van der Waals surface area (Å²) in [5, 5.41) is 10.7. The average Bonchev–Trinajstić information content (AvgIpc) is 3.08. The molecule has 0 fully saturated rings. The third-order valence-corrected chi connectivity index (χ3v) is 5.39. The van der Waals surface area contributed by atoms with E-state index in [2.05, 4.69) is 0 Å². The number of halogens is 1. The molecule has 1 N–H and O–H groups in total. The number of hydrogen-bond donors (Lipinski definition) is 1. The van der Waals surface area contributed by atoms with Crippen LogP contribution in [-0.2, 0) is 13.0 Å². The van der Waals surface area contributed by atoms with Crippen molar-refractivity contribution in [2.75, 3.05) is 6.61 Å². The van der Waals surface area contributed by atoms with Crippen molar-refractivity contribution < 1.29 is 14.2 Å². The Morgan fingerprint density at radius 2 is 1.77 bits per heavy atom. The van der Waals surface area contributed by atoms with Gasteiger partial charge < -0.3 is 14.4 Å². The van der Waals surface area contributed by atoms with Gasteiger partial charge in [0, 0.05) is 6.42 Å². The number of hydrogen-bond acceptors (Lipinski definition) is 3. The highest BCUT2D eigenvalue weighted by molar-refractivity contribution is 5.76. The van der Waals surface area contributed by atoms with Gasteiger partial charge in [0.25, 0.3) is 0 Å². The highest BCUT2D eigenvalue weighted by atomic mass is 19.1. The van der Waals surface area contributed by atoms with Gasteiger partial charge >= 0.3 is 0 Å². The molecule has 0 bridgehead atoms. The number of aryl methyl sites for hydroxylation is 1. The van der Waals surface area contributed by atoms with Crippen LogP contribution in [0.25, 0.3) is 11.0 Å². The Kier molecular flexibility index (Phi) is 5.81. The second-order valence-corrected chi connectivity index (χ2v) is 7.59. The molecule has 3 aromatic carbocycles. The van der Waals surface area contributed by atoms with E-state index >= 15 is 0 Å². The van der Waals surface area contributed by atoms with Crippen molar-refractivity contribution in [3.8, 4) is 5.75 Å². The zero-order chi connectivity index (χ0) is 21.1. The lowest BCUT2D eigenvalue weighted by Crippen LogP contribution is -2.25. The first-order valence-electron chi connectivity index (χ1n) is 10.1. The van der Waals surface area contributed by atoms with Crippen LogP contribution in [0.4, 0.5) is 4.39 Å². The maximum absolute atomic E-state index is 13.3. The van der Waals surface area contributed by atoms with Crippen LogP contribution in [0.3, 0.4) is 0 Å². The van der Waals surface area contributed by atoms with E-state index in [0.717, 1.165) is 39.3 Å². The number of aliphatic hydroxyl groups is 1. The number of nitrogens with zero attached hydrogens (tertiary/aromatic N) is 2. The Bertz CT molecular complexity index is 1150. The lowest BCUT2D eigenvalue weighted by atomic mass is 10.1. The van der Waals surface area contributed by atoms with E-state index in [4.69, 9.17) is 9.72 Å². The molecular formula is C25H25FN2O2. The predicted octanol–water partition coefficient (Wildman–Crippen LogP) is 4.82. The molecule has 154 valence electrons. The van der Waals surface area contributed by atoms with Crippen LogP contribution in [0.2, 0.25) is 0 Å². The molecule has 0 aliphatic rings. The van der Waals surface area contributed by atoms with E-state index in [1.807, 2.05) is 60.9 Å². The second-order valence-electron chi connectivity index (χ2n) is 7.59. The van der Waals surface area contributed by atoms with Gasteiger partial charge in [0.2, 0.25) is 0 Å². The number of imidazole rings is 1. The van der Waals surface area contributed by atoms with Gasteiger partial charge in [-0.3, -0.25) is 0 Å². The van der Waals surface area contributed by atoms with Crippen LogP contribution in [0.5, 0.6) is 5.75 Å². The Labute approximate surface area is 175 Å². The van der Waals surface area contributed by atoms with Crippen molar-refractivity contribution in [3.63, 3.8) is 0 Å². The molecule has 1 atom stereocenters. The molecule has 4 rings (SSSR count). The fraction of sp³-hybridized carbons (Fsp3) is 0.240. The van der Waals surface area contributed by atoms with Crippen LogP contribution < -0.4 is 4.74 Å². The molecule has 4 aromatic rings. The van der Waals surface area contributed by atoms with Gasteiger partial charge in [-0.15, -0.1) is 0 Å². The van der Waals surface area contributed by atoms with E-state index in [1.54, 1.807) is 12.1 Å². The Balaban J connectivity index is 1.54. The Morgan fingerprint density at radius 3 is 2.57 bits per heavy atom. The lowest BCUT2D eigenvalue weighted by Gasteiger charge is -2.17. The minimum atomic E-state index is -0.700. The summed E-state index contributed by atoms with van der Waals surface area (Å²) < 4.78 is 21.2. The first kappa shape index (κ1) is 20.1. The number of aromatic nitrogens is 2. The molecule has 1 unspecified atom stereocenters. The SMILES string of the molecule is Cc1cccc(OCC(O)Cn2c(Cc3ccc(F)cc3)nc3ccccc32)c1C. The minimum Gasteiger partial charge on any atom is -0.491 e. The highest BCUT2D eigenvalue weighted by Gasteiger charge is 2.16. The number of fused-ring (bicyclic) bond motifs is 1. The zero-order valence-corrected chi connectivity index (χ0v) is 17.2. The first-order valence-corrected chi connectivity index (χ1v) is 10.1. The molecule has 0 saturated carbocycles. The van der Waals surface area contributed by atoms with Gasteiger partial charge in [-0.1, -0.05) is 36.4 Å². The van der Waals surface area contributed by atoms with Gasteiger partial charge in [0.1, 0.15) is 30.1 Å². The number of ether oxygens (including phenoxy) is 1. The van der Waals surface area contributed by atoms with Crippen molar-refractivity contribution in [2.24, 2.45) is 0 Å². The normalized spacial score (nSPS) is 12.3. The maximum atomic E-state index is 13.3. The Hall–Kier alpha value is -3.18. The van der Waals surface area contributed by atoms with Crippen LogP contribution in [-0.4, -0.2) is 27.4 Å². The minimum absolute atomic E-state index is 0.187. The van der Waals surface area contributed by atoms with E-state index in [-0.39, 0.29) is 12.4 Å². The smallest absolute Gasteiger partial charge is 0.123 e. The molecule has 0 aliphatic heterocycles. The molecule has 4 nitrogen and oxygen atoms in total. The van der Waals surface area contributed by atoms with Gasteiger partial charge in [-0.2, -0.15) is 0 Å². The standard InChI is InChI=1S/C25H25FN2O2/c1-17-6-5-9-24(18(17)2)30-16-21(29)15-28-23-8-4-3-7-22(23)27-25(28)14-19-10-12-20(26)13-11-19/h3-13,21,29H,14-16H2,1-2H3. The number of aliphatic hydroxyl groups excluding tert-OH is 1. The van der Waals surface area contributed by atoms with Gasteiger partial charge in [-0.25, -0.2) is 9.37 Å². The van der Waals surface area contributed by atoms with E-state index < -0.39 is 6.10 Å². The summed E-state index contributed by atoms with van der Waals surface area (Å²) in [6.07, 6.45) is -0.144. The monoisotopic (exact) mass is 404 g/mol. The van der Waals surface area contributed by atoms with Crippen molar-refractivity contribution in [1.82, 2.24) is 9.55 Å². The molecular weight excluding hydrogens is 379 g/mol. The molecule has 30 heavy (non-hydrogen) atoms. The summed E-state index contributed by atoms with van der Waals surface area (Å²) in [7, 11) is 0. The van der Waals surface area contributed by atoms with Crippen molar-refractivity contribution in [3.05, 3.63) is 95.1 Å². The third-order valence-electron chi connectivity index (χ3n) is 5.39. The van der Waals surface area contributed by atoms with Crippen molar-refractivity contribution in [1.29, 1.82) is 0 Å². The van der Waals surface area contributed by atoms with E-state index in [1.165, 1.54) is 12.1 Å². The van der Waals surface area contributed by atoms with Crippen molar-refractivity contribution >= 4 is 11.0 Å². The maximum Gasteiger partial charge on any atom is 0.123 e. The second kappa shape index (κ2) is 8.67. The zero-order valence-electron chi connectivity index (χ0n) is 17.2. The van der Waals surface area contributed by atoms with E-state index in [0.29, 0.717) is 13.0 Å². The average molecular weight is 404 g/mol. The molecule has 0 saturated heterocycles. The largest absolute Gasteiger partial charge is 0.491 e. The number of rotatable bonds is 7. The fourth-order valence-corrected chi connectivity index (χ4v) is 3.58. The molecule has 0 amide bonds. The summed E-state index contributed by atoms with van der Waals surface area (Å²) in [5.41, 5.74) is 5.03. The van der Waals surface area contributed by atoms with Gasteiger partial charge in [0.15, 0.2) is 0 Å². The van der Waals surface area contributed by atoms with E-state index in [9.17, 15) is 9.50 Å². The van der Waals surface area contributed by atoms with Crippen LogP contribution >= 0.6 is 0 Å². The third kappa shape index (κ3) is 4.36. The van der Waals surface area contributed by atoms with Crippen LogP contribution in [0.1, 0.15) is 22.5 Å². The summed E-state index contributed by atoms with van der Waals surface area (Å²) in [6, 6.07) is 20.2. The summed E-state index contributed by atoms with van der Waals surface area (Å²) in [6.45, 7) is 4.61. The Morgan fingerprint density at radius 1 is 1.00 bits per heavy atom. The summed E-state index contributed by atoms with van der Waals surface area (Å²) in [5.74, 6) is 1.36. The van der Waals surface area contributed by atoms with Gasteiger partial charge in [0.05, 0.1) is 17.6 Å². The van der Waals surface area contributed by atoms with Crippen LogP contribution in [0.15, 0.2) is 66.7 Å². The predicted molar refractivity (Wildman–Crippen MR) is 116 cm³/mol. The number of benzene rings is 3. The number of para-hydroxylation sites is 2. The topological polar surface area (TPSA) is 47.3 Å². The molecule has 1 heterocycles. The highest BCUT2D eigenvalue weighted by Crippen LogP contribution is 2.22. The molecule has 0 radical (unpaired) electrons. The molecule has 0 spiro atoms. The van der Waals surface area contributed by atoms with Crippen molar-refractivity contribution in [2.45, 2.75) is 32.9 Å². The summed E-state index contributed by atoms with van der Waals surface area (Å²) >= 11 is 0. The fourth-order valence-electron chi connectivity index (χ4n) is 3.58. The van der Waals surface area contributed by atoms with Gasteiger partial charge in [-0.05, 0) is 60.9 Å². The quantitative estimate of drug-likeness (QED) is 0.480. The molecule has 0 aliphatic carbocycles. The lowest BCUT2D eigenvalue weighted by molar-refractivity contribution is 0.0924. The first-order chi connectivity index (χ1) is 14.5. The summed E-state index contributed by atoms with van der Waals surface area (Å²) in [4.78, 5) is 4.74. The molecule has 1 aromatic heterocycles. The molecule has 5 heteroatoms.